The summed E-state index contributed by atoms with van der Waals surface area (Å²) in [6, 6.07) is 8.91. The Morgan fingerprint density at radius 1 is 1.00 bits per heavy atom. The molecule has 1 amide bonds. The molecule has 2 heterocycles. The van der Waals surface area contributed by atoms with Gasteiger partial charge in [-0.3, -0.25) is 24.0 Å². The third kappa shape index (κ3) is 8.56. The molecule has 14 nitrogen and oxygen atoms in total. The summed E-state index contributed by atoms with van der Waals surface area (Å²) in [4.78, 5) is 65.1. The Bertz CT molecular complexity index is 1250. The zero-order valence-electron chi connectivity index (χ0n) is 22.8. The summed E-state index contributed by atoms with van der Waals surface area (Å²) >= 11 is 6.81. The lowest BCUT2D eigenvalue weighted by molar-refractivity contribution is -0.251. The zero-order valence-corrected chi connectivity index (χ0v) is 25.4. The smallest absolute Gasteiger partial charge is 0.303 e. The Hall–Kier alpha value is -2.88. The topological polar surface area (TPSA) is 168 Å². The lowest BCUT2D eigenvalue weighted by atomic mass is 9.97. The maximum atomic E-state index is 12.9. The first-order chi connectivity index (χ1) is 19.3. The van der Waals surface area contributed by atoms with Crippen LogP contribution in [-0.4, -0.2) is 90.1 Å². The van der Waals surface area contributed by atoms with Gasteiger partial charge in [0.2, 0.25) is 0 Å². The summed E-state index contributed by atoms with van der Waals surface area (Å²) < 4.78 is 33.0. The predicted octanol–water partition coefficient (Wildman–Crippen LogP) is 0.787. The number of nitrogens with zero attached hydrogens (tertiary/aromatic N) is 2. The Balaban J connectivity index is 2.04. The van der Waals surface area contributed by atoms with E-state index >= 15 is 0 Å². The molecule has 2 fully saturated rings. The maximum absolute atomic E-state index is 12.9. The van der Waals surface area contributed by atoms with Crippen molar-refractivity contribution in [3.05, 3.63) is 30.3 Å². The molecular weight excluding hydrogens is 601 g/mol. The van der Waals surface area contributed by atoms with E-state index in [0.717, 1.165) is 37.5 Å². The molecule has 0 saturated carbocycles. The van der Waals surface area contributed by atoms with Crippen LogP contribution in [0.4, 0.5) is 0 Å². The van der Waals surface area contributed by atoms with E-state index in [1.165, 1.54) is 14.0 Å². The van der Waals surface area contributed by atoms with Gasteiger partial charge in [-0.15, -0.1) is 0 Å². The van der Waals surface area contributed by atoms with Crippen molar-refractivity contribution in [2.24, 2.45) is 4.99 Å². The number of hydrogen-bond donors (Lipinski definition) is 1. The fraction of sp³-hybridized carbons (Fsp3) is 0.500. The molecule has 1 unspecified atom stereocenters. The summed E-state index contributed by atoms with van der Waals surface area (Å²) in [5.41, 5.74) is 0. The first-order valence-electron chi connectivity index (χ1n) is 12.2. The minimum absolute atomic E-state index is 0.00898. The van der Waals surface area contributed by atoms with Gasteiger partial charge in [-0.25, -0.2) is 10.0 Å². The molecule has 3 rings (SSSR count). The van der Waals surface area contributed by atoms with Crippen LogP contribution in [0.1, 0.15) is 27.7 Å². The monoisotopic (exact) mass is 631 g/mol. The molecule has 0 radical (unpaired) electrons. The number of hydrogen-bond acceptors (Lipinski definition) is 14. The van der Waals surface area contributed by atoms with Crippen LogP contribution in [0.3, 0.4) is 0 Å². The number of amides is 1. The molecule has 6 atom stereocenters. The largest absolute Gasteiger partial charge is 0.463 e. The number of rotatable bonds is 10. The van der Waals surface area contributed by atoms with Crippen molar-refractivity contribution < 1.29 is 52.2 Å². The third-order valence-corrected chi connectivity index (χ3v) is 9.77. The summed E-state index contributed by atoms with van der Waals surface area (Å²) in [5.74, 6) is -3.35. The van der Waals surface area contributed by atoms with Crippen molar-refractivity contribution in [3.63, 3.8) is 0 Å². The number of hydrazine groups is 1. The molecule has 0 spiro atoms. The van der Waals surface area contributed by atoms with Crippen LogP contribution in [0, 0.1) is 0 Å². The van der Waals surface area contributed by atoms with E-state index in [-0.39, 0.29) is 16.8 Å². The van der Waals surface area contributed by atoms with Gasteiger partial charge in [0.15, 0.2) is 36.1 Å². The number of thioether (sulfide) groups is 1. The van der Waals surface area contributed by atoms with Crippen LogP contribution in [0.25, 0.3) is 0 Å². The van der Waals surface area contributed by atoms with Gasteiger partial charge >= 0.3 is 23.9 Å². The fourth-order valence-corrected chi connectivity index (χ4v) is 6.89. The standard InChI is InChI=1S/C24H30N3O11PS2/c1-13(28)34-11-18-20(35-14(2)29)21(36-15(3)30)22(37-16(4)31)23(38-18)25-24-27(19(32)12-41-24)26-39(40,33-5)17-9-7-6-8-10-17/h6-10,18,20-23H,11-12H2,1-5H3,(H,26,40)/b25-24-/t18-,20+,21+,22-,23-,39?/m1/s1. The van der Waals surface area contributed by atoms with Gasteiger partial charge in [0.1, 0.15) is 12.7 Å². The minimum Gasteiger partial charge on any atom is -0.463 e. The number of nitrogens with one attached hydrogen (secondary N) is 1. The molecule has 2 aliphatic heterocycles. The van der Waals surface area contributed by atoms with Gasteiger partial charge in [-0.05, 0) is 11.8 Å². The molecular formula is C24H30N3O11PS2. The van der Waals surface area contributed by atoms with E-state index in [1.54, 1.807) is 24.3 Å². The number of esters is 4. The van der Waals surface area contributed by atoms with Gasteiger partial charge in [0.05, 0.1) is 5.75 Å². The molecule has 0 aliphatic carbocycles. The second-order valence-electron chi connectivity index (χ2n) is 8.69. The first kappa shape index (κ1) is 32.6. The molecule has 224 valence electrons. The van der Waals surface area contributed by atoms with Crippen molar-refractivity contribution in [2.45, 2.75) is 58.3 Å². The quantitative estimate of drug-likeness (QED) is 0.219. The zero-order chi connectivity index (χ0) is 30.3. The Labute approximate surface area is 245 Å². The number of carbonyl (C=O) groups is 5. The average Bonchev–Trinajstić information content (AvgIpc) is 3.24. The van der Waals surface area contributed by atoms with E-state index in [0.29, 0.717) is 5.30 Å². The molecule has 1 aromatic carbocycles. The van der Waals surface area contributed by atoms with E-state index in [1.807, 2.05) is 6.07 Å². The Morgan fingerprint density at radius 3 is 2.15 bits per heavy atom. The highest BCUT2D eigenvalue weighted by Crippen LogP contribution is 2.42. The van der Waals surface area contributed by atoms with E-state index < -0.39 is 67.5 Å². The molecule has 41 heavy (non-hydrogen) atoms. The van der Waals surface area contributed by atoms with E-state index in [9.17, 15) is 24.0 Å². The molecule has 17 heteroatoms. The lowest BCUT2D eigenvalue weighted by Gasteiger charge is -2.43. The number of benzene rings is 1. The van der Waals surface area contributed by atoms with Crippen LogP contribution < -0.4 is 10.5 Å². The molecule has 1 aromatic rings. The molecule has 2 aliphatic rings. The van der Waals surface area contributed by atoms with Gasteiger partial charge in [0, 0.05) is 40.1 Å². The van der Waals surface area contributed by atoms with Crippen molar-refractivity contribution >= 4 is 70.2 Å². The first-order valence-corrected chi connectivity index (χ1v) is 15.9. The van der Waals surface area contributed by atoms with Gasteiger partial charge in [-0.2, -0.15) is 5.20 Å². The Morgan fingerprint density at radius 2 is 1.59 bits per heavy atom. The van der Waals surface area contributed by atoms with Crippen LogP contribution in [-0.2, 0) is 64.0 Å². The molecule has 1 N–H and O–H groups in total. The summed E-state index contributed by atoms with van der Waals surface area (Å²) in [7, 11) is 1.42. The normalized spacial score (nSPS) is 26.7. The SMILES string of the molecule is COP(=S)(NN1C(=O)CS/C1=N\[C@@H]1O[C@H](COC(C)=O)[C@H](OC(C)=O)[C@H](OC(C)=O)[C@H]1OC(C)=O)c1ccccc1. The third-order valence-electron chi connectivity index (χ3n) is 5.55. The van der Waals surface area contributed by atoms with Gasteiger partial charge < -0.3 is 28.2 Å². The van der Waals surface area contributed by atoms with Crippen molar-refractivity contribution in [1.82, 2.24) is 10.2 Å². The second-order valence-corrected chi connectivity index (χ2v) is 13.4. The summed E-state index contributed by atoms with van der Waals surface area (Å²) in [6.07, 6.45) is -9.71. The van der Waals surface area contributed by atoms with Crippen molar-refractivity contribution in [1.29, 1.82) is 0 Å². The van der Waals surface area contributed by atoms with Crippen LogP contribution >= 0.6 is 18.2 Å². The lowest BCUT2D eigenvalue weighted by Crippen LogP contribution is -2.62. The van der Waals surface area contributed by atoms with Crippen LogP contribution in [0.15, 0.2) is 35.3 Å². The maximum Gasteiger partial charge on any atom is 0.303 e. The predicted molar refractivity (Wildman–Crippen MR) is 149 cm³/mol. The minimum atomic E-state index is -2.97. The van der Waals surface area contributed by atoms with Gasteiger partial charge in [0.25, 0.3) is 5.91 Å². The Kier molecular flexibility index (Phi) is 11.4. The molecule has 0 aromatic heterocycles. The van der Waals surface area contributed by atoms with Crippen molar-refractivity contribution in [2.75, 3.05) is 19.5 Å². The van der Waals surface area contributed by atoms with Gasteiger partial charge in [-0.1, -0.05) is 42.1 Å². The molecule has 0 bridgehead atoms. The second kappa shape index (κ2) is 14.3. The van der Waals surface area contributed by atoms with E-state index in [4.69, 9.17) is 40.0 Å². The number of carbonyl (C=O) groups excluding carboxylic acids is 5. The summed E-state index contributed by atoms with van der Waals surface area (Å²) in [5, 5.41) is 4.86. The number of ether oxygens (including phenoxy) is 5. The fourth-order valence-electron chi connectivity index (χ4n) is 3.93. The average molecular weight is 632 g/mol. The van der Waals surface area contributed by atoms with Crippen LogP contribution in [0.2, 0.25) is 0 Å². The molecule has 2 saturated heterocycles. The van der Waals surface area contributed by atoms with Crippen molar-refractivity contribution in [3.8, 4) is 0 Å². The number of amidine groups is 1. The number of aliphatic imine (C=N–C) groups is 1. The van der Waals surface area contributed by atoms with Crippen LogP contribution in [0.5, 0.6) is 0 Å². The highest BCUT2D eigenvalue weighted by molar-refractivity contribution is 8.16. The highest BCUT2D eigenvalue weighted by Gasteiger charge is 2.53. The van der Waals surface area contributed by atoms with E-state index in [2.05, 4.69) is 10.2 Å². The highest BCUT2D eigenvalue weighted by atomic mass is 32.4. The summed E-state index contributed by atoms with van der Waals surface area (Å²) in [6.45, 7) is 4.12.